The molecule has 0 aromatic heterocycles. The van der Waals surface area contributed by atoms with E-state index < -0.39 is 0 Å². The first-order valence-electron chi connectivity index (χ1n) is 8.03. The van der Waals surface area contributed by atoms with Crippen LogP contribution >= 0.6 is 0 Å². The molecule has 0 radical (unpaired) electrons. The fourth-order valence-electron chi connectivity index (χ4n) is 3.21. The first-order valence-corrected chi connectivity index (χ1v) is 8.03. The summed E-state index contributed by atoms with van der Waals surface area (Å²) in [5, 5.41) is 0. The van der Waals surface area contributed by atoms with Crippen LogP contribution in [0.15, 0.2) is 78.9 Å². The number of rotatable bonds is 4. The van der Waals surface area contributed by atoms with Crippen LogP contribution in [0.3, 0.4) is 0 Å². The van der Waals surface area contributed by atoms with Crippen LogP contribution < -0.4 is 0 Å². The van der Waals surface area contributed by atoms with Crippen molar-refractivity contribution in [3.63, 3.8) is 0 Å². The van der Waals surface area contributed by atoms with E-state index in [-0.39, 0.29) is 0 Å². The predicted molar refractivity (Wildman–Crippen MR) is 95.2 cm³/mol. The molecule has 1 unspecified atom stereocenters. The maximum absolute atomic E-state index is 2.32. The van der Waals surface area contributed by atoms with Gasteiger partial charge in [0.1, 0.15) is 0 Å². The molecule has 0 spiro atoms. The molecule has 3 rings (SSSR count). The van der Waals surface area contributed by atoms with Gasteiger partial charge in [0.15, 0.2) is 0 Å². The molecule has 0 saturated carbocycles. The third-order valence-corrected chi connectivity index (χ3v) is 4.39. The van der Waals surface area contributed by atoms with E-state index in [1.165, 1.54) is 27.8 Å². The summed E-state index contributed by atoms with van der Waals surface area (Å²) >= 11 is 0. The number of hydrogen-bond acceptors (Lipinski definition) is 0. The molecular formula is C22H22. The van der Waals surface area contributed by atoms with Gasteiger partial charge in [-0.15, -0.1) is 0 Å². The van der Waals surface area contributed by atoms with Crippen molar-refractivity contribution in [1.82, 2.24) is 0 Å². The van der Waals surface area contributed by atoms with Crippen molar-refractivity contribution < 1.29 is 0 Å². The van der Waals surface area contributed by atoms with Crippen molar-refractivity contribution in [2.75, 3.05) is 0 Å². The Labute approximate surface area is 133 Å². The summed E-state index contributed by atoms with van der Waals surface area (Å²) in [6, 6.07) is 28.2. The average Bonchev–Trinajstić information content (AvgIpc) is 2.62. The minimum atomic E-state index is 0.396. The van der Waals surface area contributed by atoms with Crippen molar-refractivity contribution >= 4 is 0 Å². The smallest absolute Gasteiger partial charge is 0.00698 e. The molecule has 0 saturated heterocycles. The molecule has 22 heavy (non-hydrogen) atoms. The van der Waals surface area contributed by atoms with Gasteiger partial charge in [-0.2, -0.15) is 0 Å². The zero-order chi connectivity index (χ0) is 15.4. The van der Waals surface area contributed by atoms with Crippen LogP contribution in [0.2, 0.25) is 0 Å². The van der Waals surface area contributed by atoms with Crippen LogP contribution in [0, 0.1) is 0 Å². The zero-order valence-corrected chi connectivity index (χ0v) is 13.3. The summed E-state index contributed by atoms with van der Waals surface area (Å²) < 4.78 is 0. The van der Waals surface area contributed by atoms with Crippen molar-refractivity contribution in [2.24, 2.45) is 0 Å². The normalized spacial score (nSPS) is 12.1. The van der Waals surface area contributed by atoms with Crippen LogP contribution in [0.5, 0.6) is 0 Å². The molecule has 0 N–H and O–H groups in total. The lowest BCUT2D eigenvalue weighted by atomic mass is 9.83. The fourth-order valence-corrected chi connectivity index (χ4v) is 3.21. The third-order valence-electron chi connectivity index (χ3n) is 4.39. The highest BCUT2D eigenvalue weighted by molar-refractivity contribution is 5.70. The monoisotopic (exact) mass is 286 g/mol. The summed E-state index contributed by atoms with van der Waals surface area (Å²) in [4.78, 5) is 0. The highest BCUT2D eigenvalue weighted by Gasteiger charge is 2.16. The molecular weight excluding hydrogens is 264 g/mol. The van der Waals surface area contributed by atoms with Crippen LogP contribution in [-0.4, -0.2) is 0 Å². The average molecular weight is 286 g/mol. The lowest BCUT2D eigenvalue weighted by Crippen LogP contribution is -2.03. The molecule has 0 nitrogen and oxygen atoms in total. The van der Waals surface area contributed by atoms with E-state index in [1.54, 1.807) is 0 Å². The van der Waals surface area contributed by atoms with Gasteiger partial charge in [-0.05, 0) is 34.2 Å². The highest BCUT2D eigenvalue weighted by atomic mass is 14.2. The second-order valence-corrected chi connectivity index (χ2v) is 5.73. The first kappa shape index (κ1) is 14.6. The molecule has 0 amide bonds. The van der Waals surface area contributed by atoms with Gasteiger partial charge in [0.25, 0.3) is 0 Å². The quantitative estimate of drug-likeness (QED) is 0.546. The summed E-state index contributed by atoms with van der Waals surface area (Å²) in [5.74, 6) is 0.396. The van der Waals surface area contributed by atoms with Gasteiger partial charge < -0.3 is 0 Å². The molecule has 0 bridgehead atoms. The van der Waals surface area contributed by atoms with E-state index in [1.807, 2.05) is 0 Å². The van der Waals surface area contributed by atoms with Crippen LogP contribution in [-0.2, 0) is 6.42 Å². The molecule has 110 valence electrons. The summed E-state index contributed by atoms with van der Waals surface area (Å²) in [5.41, 5.74) is 6.94. The molecule has 0 aliphatic heterocycles. The Morgan fingerprint density at radius 3 is 2.00 bits per heavy atom. The topological polar surface area (TPSA) is 0 Å². The maximum atomic E-state index is 2.32. The Bertz CT molecular complexity index is 727. The number of hydrogen-bond donors (Lipinski definition) is 0. The van der Waals surface area contributed by atoms with E-state index in [2.05, 4.69) is 92.7 Å². The Kier molecular flexibility index (Phi) is 4.39. The molecule has 3 aromatic carbocycles. The van der Waals surface area contributed by atoms with Crippen molar-refractivity contribution in [2.45, 2.75) is 26.2 Å². The van der Waals surface area contributed by atoms with E-state index in [0.29, 0.717) is 5.92 Å². The number of aryl methyl sites for hydroxylation is 1. The van der Waals surface area contributed by atoms with Crippen molar-refractivity contribution in [3.8, 4) is 11.1 Å². The summed E-state index contributed by atoms with van der Waals surface area (Å²) in [6.45, 7) is 4.56. The largest absolute Gasteiger partial charge is 0.0622 e. The first-order chi connectivity index (χ1) is 10.8. The SMILES string of the molecule is CCc1cccc(-c2ccccc2)c1C(C)c1ccccc1. The molecule has 0 heteroatoms. The highest BCUT2D eigenvalue weighted by Crippen LogP contribution is 2.35. The van der Waals surface area contributed by atoms with Crippen molar-refractivity contribution in [3.05, 3.63) is 95.6 Å². The van der Waals surface area contributed by atoms with Crippen LogP contribution in [0.4, 0.5) is 0 Å². The molecule has 0 aliphatic carbocycles. The molecule has 1 atom stereocenters. The second-order valence-electron chi connectivity index (χ2n) is 5.73. The third kappa shape index (κ3) is 2.82. The van der Waals surface area contributed by atoms with E-state index in [9.17, 15) is 0 Å². The van der Waals surface area contributed by atoms with Gasteiger partial charge >= 0.3 is 0 Å². The minimum Gasteiger partial charge on any atom is -0.0622 e. The summed E-state index contributed by atoms with van der Waals surface area (Å²) in [6.07, 6.45) is 1.06. The minimum absolute atomic E-state index is 0.396. The van der Waals surface area contributed by atoms with E-state index >= 15 is 0 Å². The summed E-state index contributed by atoms with van der Waals surface area (Å²) in [7, 11) is 0. The number of benzene rings is 3. The second kappa shape index (κ2) is 6.62. The molecule has 0 fully saturated rings. The molecule has 3 aromatic rings. The van der Waals surface area contributed by atoms with Gasteiger partial charge in [0, 0.05) is 5.92 Å². The van der Waals surface area contributed by atoms with E-state index in [4.69, 9.17) is 0 Å². The molecule has 0 heterocycles. The van der Waals surface area contributed by atoms with Gasteiger partial charge in [0.2, 0.25) is 0 Å². The Morgan fingerprint density at radius 2 is 1.36 bits per heavy atom. The van der Waals surface area contributed by atoms with Crippen LogP contribution in [0.25, 0.3) is 11.1 Å². The van der Waals surface area contributed by atoms with Gasteiger partial charge in [-0.1, -0.05) is 92.7 Å². The lowest BCUT2D eigenvalue weighted by molar-refractivity contribution is 0.896. The molecule has 0 aliphatic rings. The van der Waals surface area contributed by atoms with Crippen LogP contribution in [0.1, 0.15) is 36.5 Å². The van der Waals surface area contributed by atoms with Gasteiger partial charge in [0.05, 0.1) is 0 Å². The Morgan fingerprint density at radius 1 is 0.727 bits per heavy atom. The standard InChI is InChI=1S/C22H22/c1-3-18-15-10-16-21(20-13-8-5-9-14-20)22(18)17(2)19-11-6-4-7-12-19/h4-17H,3H2,1-2H3. The Balaban J connectivity index is 2.17. The van der Waals surface area contributed by atoms with E-state index in [0.717, 1.165) is 6.42 Å². The van der Waals surface area contributed by atoms with Gasteiger partial charge in [-0.3, -0.25) is 0 Å². The fraction of sp³-hybridized carbons (Fsp3) is 0.182. The van der Waals surface area contributed by atoms with Gasteiger partial charge in [-0.25, -0.2) is 0 Å². The Hall–Kier alpha value is -2.34. The lowest BCUT2D eigenvalue weighted by Gasteiger charge is -2.21. The maximum Gasteiger partial charge on any atom is 0.00698 e. The zero-order valence-electron chi connectivity index (χ0n) is 13.3. The van der Waals surface area contributed by atoms with Crippen molar-refractivity contribution in [1.29, 1.82) is 0 Å². The predicted octanol–water partition coefficient (Wildman–Crippen LogP) is 6.07.